The van der Waals surface area contributed by atoms with Crippen molar-refractivity contribution in [3.8, 4) is 5.75 Å². The molecule has 8 heteroatoms. The zero-order valence-corrected chi connectivity index (χ0v) is 18.0. The molecule has 2 aliphatic rings. The number of carbonyl (C=O) groups is 2. The lowest BCUT2D eigenvalue weighted by molar-refractivity contribution is -0.130. The van der Waals surface area contributed by atoms with E-state index >= 15 is 0 Å². The van der Waals surface area contributed by atoms with E-state index in [1.807, 2.05) is 54.6 Å². The van der Waals surface area contributed by atoms with Crippen molar-refractivity contribution in [2.75, 3.05) is 18.1 Å². The standard InChI is InChI=1S/C23H26N2O5S/c26-22-12-19(14-25(22)20-9-10-31(28,29)16-20)23(27)24-13-18-7-4-8-21(11-18)30-15-17-5-2-1-3-6-17/h1-8,11,19-20H,9-10,12-16H2,(H,24,27)/t19-,20-/m1/s1. The molecule has 0 bridgehead atoms. The lowest BCUT2D eigenvalue weighted by atomic mass is 10.1. The average Bonchev–Trinajstić information content (AvgIpc) is 3.33. The second kappa shape index (κ2) is 9.09. The van der Waals surface area contributed by atoms with E-state index in [0.717, 1.165) is 16.9 Å². The number of likely N-dealkylation sites (tertiary alicyclic amines) is 1. The Hall–Kier alpha value is -2.87. The molecule has 164 valence electrons. The second-order valence-electron chi connectivity index (χ2n) is 8.14. The van der Waals surface area contributed by atoms with Crippen LogP contribution in [0.4, 0.5) is 0 Å². The van der Waals surface area contributed by atoms with Gasteiger partial charge in [-0.2, -0.15) is 0 Å². The van der Waals surface area contributed by atoms with Gasteiger partial charge in [0.2, 0.25) is 11.8 Å². The van der Waals surface area contributed by atoms with Crippen molar-refractivity contribution in [1.29, 1.82) is 0 Å². The van der Waals surface area contributed by atoms with Crippen LogP contribution in [0.15, 0.2) is 54.6 Å². The summed E-state index contributed by atoms with van der Waals surface area (Å²) in [5, 5.41) is 2.90. The molecule has 2 amide bonds. The highest BCUT2D eigenvalue weighted by atomic mass is 32.2. The van der Waals surface area contributed by atoms with E-state index in [9.17, 15) is 18.0 Å². The second-order valence-corrected chi connectivity index (χ2v) is 10.4. The van der Waals surface area contributed by atoms with Gasteiger partial charge in [-0.3, -0.25) is 9.59 Å². The minimum Gasteiger partial charge on any atom is -0.489 e. The fourth-order valence-corrected chi connectivity index (χ4v) is 5.83. The first-order chi connectivity index (χ1) is 14.9. The fourth-order valence-electron chi connectivity index (χ4n) is 4.10. The van der Waals surface area contributed by atoms with E-state index in [1.165, 1.54) is 0 Å². The highest BCUT2D eigenvalue weighted by molar-refractivity contribution is 7.91. The van der Waals surface area contributed by atoms with Crippen LogP contribution in [0.25, 0.3) is 0 Å². The van der Waals surface area contributed by atoms with Crippen molar-refractivity contribution in [2.24, 2.45) is 5.92 Å². The van der Waals surface area contributed by atoms with E-state index in [4.69, 9.17) is 4.74 Å². The summed E-state index contributed by atoms with van der Waals surface area (Å²) in [7, 11) is -3.07. The SMILES string of the molecule is O=C(NCc1cccc(OCc2ccccc2)c1)[C@@H]1CC(=O)N([C@@H]2CCS(=O)(=O)C2)C1. The van der Waals surface area contributed by atoms with Gasteiger partial charge in [0.15, 0.2) is 9.84 Å². The average molecular weight is 443 g/mol. The van der Waals surface area contributed by atoms with Crippen molar-refractivity contribution >= 4 is 21.7 Å². The molecular formula is C23H26N2O5S. The third-order valence-electron chi connectivity index (χ3n) is 5.79. The Bertz CT molecular complexity index is 1050. The van der Waals surface area contributed by atoms with Crippen LogP contribution >= 0.6 is 0 Å². The molecule has 4 rings (SSSR count). The van der Waals surface area contributed by atoms with Crippen molar-refractivity contribution in [3.05, 3.63) is 65.7 Å². The predicted octanol–water partition coefficient (Wildman–Crippen LogP) is 1.92. The highest BCUT2D eigenvalue weighted by Gasteiger charge is 2.41. The van der Waals surface area contributed by atoms with Crippen molar-refractivity contribution in [3.63, 3.8) is 0 Å². The molecule has 0 spiro atoms. The molecular weight excluding hydrogens is 416 g/mol. The number of sulfone groups is 1. The number of hydrogen-bond donors (Lipinski definition) is 1. The summed E-state index contributed by atoms with van der Waals surface area (Å²) in [6.07, 6.45) is 0.584. The Morgan fingerprint density at radius 3 is 2.61 bits per heavy atom. The van der Waals surface area contributed by atoms with Gasteiger partial charge in [0.05, 0.1) is 17.4 Å². The van der Waals surface area contributed by atoms with Crippen LogP contribution in [-0.4, -0.2) is 49.2 Å². The first-order valence-electron chi connectivity index (χ1n) is 10.4. The van der Waals surface area contributed by atoms with E-state index in [1.54, 1.807) is 4.90 Å². The lowest BCUT2D eigenvalue weighted by Crippen LogP contribution is -2.39. The summed E-state index contributed by atoms with van der Waals surface area (Å²) < 4.78 is 29.2. The molecule has 0 aliphatic carbocycles. The number of carbonyl (C=O) groups excluding carboxylic acids is 2. The van der Waals surface area contributed by atoms with Crippen molar-refractivity contribution in [2.45, 2.75) is 32.0 Å². The first-order valence-corrected chi connectivity index (χ1v) is 12.2. The number of rotatable bonds is 7. The van der Waals surface area contributed by atoms with Crippen LogP contribution in [0.3, 0.4) is 0 Å². The number of hydrogen-bond acceptors (Lipinski definition) is 5. The Morgan fingerprint density at radius 2 is 1.87 bits per heavy atom. The molecule has 1 N–H and O–H groups in total. The smallest absolute Gasteiger partial charge is 0.225 e. The molecule has 2 aromatic carbocycles. The third kappa shape index (κ3) is 5.44. The van der Waals surface area contributed by atoms with Crippen LogP contribution in [0.1, 0.15) is 24.0 Å². The number of ether oxygens (including phenoxy) is 1. The maximum atomic E-state index is 12.6. The van der Waals surface area contributed by atoms with Gasteiger partial charge in [-0.1, -0.05) is 42.5 Å². The van der Waals surface area contributed by atoms with Gasteiger partial charge in [-0.05, 0) is 29.7 Å². The molecule has 2 aromatic rings. The molecule has 2 atom stereocenters. The maximum Gasteiger partial charge on any atom is 0.225 e. The predicted molar refractivity (Wildman–Crippen MR) is 116 cm³/mol. The van der Waals surface area contributed by atoms with E-state index in [-0.39, 0.29) is 42.3 Å². The molecule has 0 radical (unpaired) electrons. The van der Waals surface area contributed by atoms with E-state index < -0.39 is 15.8 Å². The third-order valence-corrected chi connectivity index (χ3v) is 7.54. The molecule has 2 fully saturated rings. The molecule has 2 saturated heterocycles. The first kappa shape index (κ1) is 21.4. The van der Waals surface area contributed by atoms with E-state index in [0.29, 0.717) is 19.6 Å². The minimum absolute atomic E-state index is 0.00283. The summed E-state index contributed by atoms with van der Waals surface area (Å²) in [5.74, 6) is 0.0589. The number of nitrogens with zero attached hydrogens (tertiary/aromatic N) is 1. The number of benzene rings is 2. The summed E-state index contributed by atoms with van der Waals surface area (Å²) in [6, 6.07) is 17.1. The molecule has 2 heterocycles. The summed E-state index contributed by atoms with van der Waals surface area (Å²) in [4.78, 5) is 26.5. The molecule has 2 aliphatic heterocycles. The fraction of sp³-hybridized carbons (Fsp3) is 0.391. The summed E-state index contributed by atoms with van der Waals surface area (Å²) in [6.45, 7) is 1.09. The van der Waals surface area contributed by atoms with Gasteiger partial charge in [0, 0.05) is 25.6 Å². The molecule has 31 heavy (non-hydrogen) atoms. The molecule has 0 saturated carbocycles. The molecule has 7 nitrogen and oxygen atoms in total. The lowest BCUT2D eigenvalue weighted by Gasteiger charge is -2.22. The maximum absolute atomic E-state index is 12.6. The van der Waals surface area contributed by atoms with Gasteiger partial charge in [0.1, 0.15) is 12.4 Å². The van der Waals surface area contributed by atoms with Crippen LogP contribution < -0.4 is 10.1 Å². The van der Waals surface area contributed by atoms with Crippen molar-refractivity contribution < 1.29 is 22.7 Å². The monoisotopic (exact) mass is 442 g/mol. The van der Waals surface area contributed by atoms with E-state index in [2.05, 4.69) is 5.32 Å². The van der Waals surface area contributed by atoms with Crippen LogP contribution in [0, 0.1) is 5.92 Å². The van der Waals surface area contributed by atoms with Gasteiger partial charge in [0.25, 0.3) is 0 Å². The van der Waals surface area contributed by atoms with Crippen molar-refractivity contribution in [1.82, 2.24) is 10.2 Å². The normalized spacial score (nSPS) is 22.5. The summed E-state index contributed by atoms with van der Waals surface area (Å²) in [5.41, 5.74) is 1.98. The van der Waals surface area contributed by atoms with Gasteiger partial charge in [-0.15, -0.1) is 0 Å². The zero-order chi connectivity index (χ0) is 21.8. The quantitative estimate of drug-likeness (QED) is 0.707. The number of amides is 2. The Morgan fingerprint density at radius 1 is 1.10 bits per heavy atom. The summed E-state index contributed by atoms with van der Waals surface area (Å²) >= 11 is 0. The molecule has 0 unspecified atom stereocenters. The Kier molecular flexibility index (Phi) is 6.27. The Balaban J connectivity index is 1.28. The van der Waals surface area contributed by atoms with Crippen LogP contribution in [0.5, 0.6) is 5.75 Å². The largest absolute Gasteiger partial charge is 0.489 e. The van der Waals surface area contributed by atoms with Crippen LogP contribution in [0.2, 0.25) is 0 Å². The zero-order valence-electron chi connectivity index (χ0n) is 17.2. The van der Waals surface area contributed by atoms with Gasteiger partial charge >= 0.3 is 0 Å². The topological polar surface area (TPSA) is 92.8 Å². The highest BCUT2D eigenvalue weighted by Crippen LogP contribution is 2.26. The van der Waals surface area contributed by atoms with Gasteiger partial charge in [-0.25, -0.2) is 8.42 Å². The Labute approximate surface area is 182 Å². The minimum atomic E-state index is -3.07. The number of nitrogens with one attached hydrogen (secondary N) is 1. The molecule has 0 aromatic heterocycles. The van der Waals surface area contributed by atoms with Crippen LogP contribution in [-0.2, 0) is 32.6 Å². The van der Waals surface area contributed by atoms with Gasteiger partial charge < -0.3 is 15.0 Å².